The molecule has 88 valence electrons. The van der Waals surface area contributed by atoms with Crippen LogP contribution in [0.4, 0.5) is 0 Å². The summed E-state index contributed by atoms with van der Waals surface area (Å²) in [5, 5.41) is 0. The molecular formula is C12H17BrN2S. The number of halogens is 1. The molecule has 0 radical (unpaired) electrons. The summed E-state index contributed by atoms with van der Waals surface area (Å²) in [6.45, 7) is 2.12. The molecule has 0 saturated carbocycles. The van der Waals surface area contributed by atoms with Crippen LogP contribution in [0.15, 0.2) is 21.5 Å². The quantitative estimate of drug-likeness (QED) is 0.506. The van der Waals surface area contributed by atoms with Crippen LogP contribution in [0.2, 0.25) is 0 Å². The van der Waals surface area contributed by atoms with E-state index in [1.165, 1.54) is 45.5 Å². The fraction of sp³-hybridized carbons (Fsp3) is 0.500. The maximum atomic E-state index is 5.70. The van der Waals surface area contributed by atoms with Crippen LogP contribution in [0.25, 0.3) is 0 Å². The van der Waals surface area contributed by atoms with Crippen LogP contribution in [0.5, 0.6) is 0 Å². The largest absolute Gasteiger partial charge is 0.271 e. The maximum Gasteiger partial charge on any atom is 0.0763 e. The lowest BCUT2D eigenvalue weighted by molar-refractivity contribution is 0.572. The van der Waals surface area contributed by atoms with E-state index in [-0.39, 0.29) is 6.04 Å². The van der Waals surface area contributed by atoms with Gasteiger partial charge >= 0.3 is 0 Å². The molecule has 1 unspecified atom stereocenters. The van der Waals surface area contributed by atoms with Crippen LogP contribution in [-0.4, -0.2) is 0 Å². The first-order chi connectivity index (χ1) is 7.72. The molecule has 0 amide bonds. The number of hydrazine groups is 1. The lowest BCUT2D eigenvalue weighted by atomic mass is 9.93. The van der Waals surface area contributed by atoms with E-state index in [4.69, 9.17) is 5.84 Å². The average molecular weight is 301 g/mol. The van der Waals surface area contributed by atoms with E-state index < -0.39 is 0 Å². The summed E-state index contributed by atoms with van der Waals surface area (Å²) in [6.07, 6.45) is 7.31. The molecule has 0 aromatic carbocycles. The van der Waals surface area contributed by atoms with Gasteiger partial charge in [0.1, 0.15) is 0 Å². The second kappa shape index (κ2) is 5.45. The van der Waals surface area contributed by atoms with Crippen molar-refractivity contribution < 1.29 is 0 Å². The molecule has 1 heterocycles. The number of rotatable bonds is 3. The van der Waals surface area contributed by atoms with Crippen LogP contribution >= 0.6 is 27.3 Å². The Morgan fingerprint density at radius 1 is 1.50 bits per heavy atom. The third kappa shape index (κ3) is 2.56. The molecule has 0 bridgehead atoms. The standard InChI is InChI=1S/C12H17BrN2S/c1-8-7-10(16-12(8)13)11(15-14)9-5-3-2-4-6-9/h5,7,11,15H,2-4,6,14H2,1H3. The molecule has 1 atom stereocenters. The summed E-state index contributed by atoms with van der Waals surface area (Å²) in [5.41, 5.74) is 5.69. The van der Waals surface area contributed by atoms with Crippen molar-refractivity contribution in [3.63, 3.8) is 0 Å². The molecule has 1 aliphatic carbocycles. The number of allylic oxidation sites excluding steroid dienone is 1. The monoisotopic (exact) mass is 300 g/mol. The highest BCUT2D eigenvalue weighted by atomic mass is 79.9. The Labute approximate surface area is 109 Å². The SMILES string of the molecule is Cc1cc(C(NN)C2=CCCCC2)sc1Br. The fourth-order valence-corrected chi connectivity index (χ4v) is 3.80. The summed E-state index contributed by atoms with van der Waals surface area (Å²) in [5.74, 6) is 5.70. The summed E-state index contributed by atoms with van der Waals surface area (Å²) in [6, 6.07) is 2.42. The molecule has 2 nitrogen and oxygen atoms in total. The van der Waals surface area contributed by atoms with Crippen molar-refractivity contribution in [3.05, 3.63) is 31.9 Å². The van der Waals surface area contributed by atoms with Crippen LogP contribution in [0.1, 0.15) is 42.2 Å². The van der Waals surface area contributed by atoms with Crippen molar-refractivity contribution in [2.24, 2.45) is 5.84 Å². The first-order valence-electron chi connectivity index (χ1n) is 5.63. The number of nitrogens with two attached hydrogens (primary N) is 1. The van der Waals surface area contributed by atoms with Gasteiger partial charge in [0.15, 0.2) is 0 Å². The van der Waals surface area contributed by atoms with Gasteiger partial charge in [-0.3, -0.25) is 5.84 Å². The molecule has 1 aromatic rings. The van der Waals surface area contributed by atoms with Gasteiger partial charge in [0, 0.05) is 4.88 Å². The third-order valence-corrected chi connectivity index (χ3v) is 5.23. The van der Waals surface area contributed by atoms with Gasteiger partial charge in [-0.25, -0.2) is 5.43 Å². The second-order valence-electron chi connectivity index (χ2n) is 4.23. The number of hydrogen-bond donors (Lipinski definition) is 2. The molecule has 16 heavy (non-hydrogen) atoms. The van der Waals surface area contributed by atoms with Crippen LogP contribution < -0.4 is 11.3 Å². The number of nitrogens with one attached hydrogen (secondary N) is 1. The molecule has 2 rings (SSSR count). The Morgan fingerprint density at radius 3 is 2.81 bits per heavy atom. The van der Waals surface area contributed by atoms with E-state index >= 15 is 0 Å². The molecule has 1 aliphatic rings. The normalized spacial score (nSPS) is 18.3. The highest BCUT2D eigenvalue weighted by Crippen LogP contribution is 2.36. The molecule has 4 heteroatoms. The topological polar surface area (TPSA) is 38.0 Å². The van der Waals surface area contributed by atoms with Gasteiger partial charge in [-0.05, 0) is 60.2 Å². The van der Waals surface area contributed by atoms with E-state index in [1.807, 2.05) is 0 Å². The van der Waals surface area contributed by atoms with Gasteiger partial charge in [0.2, 0.25) is 0 Å². The Bertz CT molecular complexity index is 378. The molecule has 0 spiro atoms. The average Bonchev–Trinajstić information content (AvgIpc) is 2.61. The lowest BCUT2D eigenvalue weighted by Crippen LogP contribution is -2.29. The molecule has 0 aliphatic heterocycles. The summed E-state index contributed by atoms with van der Waals surface area (Å²) >= 11 is 5.34. The smallest absolute Gasteiger partial charge is 0.0763 e. The van der Waals surface area contributed by atoms with Gasteiger partial charge in [0.25, 0.3) is 0 Å². The predicted molar refractivity (Wildman–Crippen MR) is 73.4 cm³/mol. The third-order valence-electron chi connectivity index (χ3n) is 3.02. The van der Waals surface area contributed by atoms with Gasteiger partial charge < -0.3 is 0 Å². The zero-order valence-electron chi connectivity index (χ0n) is 9.42. The Balaban J connectivity index is 2.24. The van der Waals surface area contributed by atoms with Gasteiger partial charge in [0.05, 0.1) is 9.83 Å². The van der Waals surface area contributed by atoms with Gasteiger partial charge in [-0.15, -0.1) is 11.3 Å². The van der Waals surface area contributed by atoms with E-state index in [1.54, 1.807) is 11.3 Å². The second-order valence-corrected chi connectivity index (χ2v) is 6.63. The number of hydrogen-bond acceptors (Lipinski definition) is 3. The summed E-state index contributed by atoms with van der Waals surface area (Å²) < 4.78 is 1.21. The number of aryl methyl sites for hydroxylation is 1. The molecule has 0 saturated heterocycles. The van der Waals surface area contributed by atoms with E-state index in [9.17, 15) is 0 Å². The molecular weight excluding hydrogens is 284 g/mol. The predicted octanol–water partition coefficient (Wildman–Crippen LogP) is 3.82. The van der Waals surface area contributed by atoms with Crippen molar-refractivity contribution >= 4 is 27.3 Å². The van der Waals surface area contributed by atoms with E-state index in [0.29, 0.717) is 0 Å². The maximum absolute atomic E-state index is 5.70. The minimum Gasteiger partial charge on any atom is -0.271 e. The Morgan fingerprint density at radius 2 is 2.31 bits per heavy atom. The molecule has 0 fully saturated rings. The lowest BCUT2D eigenvalue weighted by Gasteiger charge is -2.21. The minimum atomic E-state index is 0.204. The van der Waals surface area contributed by atoms with Crippen molar-refractivity contribution in [2.45, 2.75) is 38.6 Å². The van der Waals surface area contributed by atoms with Crippen molar-refractivity contribution in [1.82, 2.24) is 5.43 Å². The van der Waals surface area contributed by atoms with E-state index in [0.717, 1.165) is 0 Å². The summed E-state index contributed by atoms with van der Waals surface area (Å²) in [4.78, 5) is 1.31. The van der Waals surface area contributed by atoms with E-state index in [2.05, 4.69) is 40.4 Å². The minimum absolute atomic E-state index is 0.204. The highest BCUT2D eigenvalue weighted by Gasteiger charge is 2.19. The fourth-order valence-electron chi connectivity index (χ4n) is 2.12. The van der Waals surface area contributed by atoms with Crippen LogP contribution in [0.3, 0.4) is 0 Å². The van der Waals surface area contributed by atoms with Crippen molar-refractivity contribution in [2.75, 3.05) is 0 Å². The van der Waals surface area contributed by atoms with Gasteiger partial charge in [-0.1, -0.05) is 11.6 Å². The summed E-state index contributed by atoms with van der Waals surface area (Å²) in [7, 11) is 0. The van der Waals surface area contributed by atoms with Crippen LogP contribution in [0, 0.1) is 6.92 Å². The first kappa shape index (κ1) is 12.3. The zero-order chi connectivity index (χ0) is 11.5. The zero-order valence-corrected chi connectivity index (χ0v) is 11.8. The van der Waals surface area contributed by atoms with Crippen molar-refractivity contribution in [1.29, 1.82) is 0 Å². The van der Waals surface area contributed by atoms with Crippen LogP contribution in [-0.2, 0) is 0 Å². The number of thiophene rings is 1. The van der Waals surface area contributed by atoms with Gasteiger partial charge in [-0.2, -0.15) is 0 Å². The first-order valence-corrected chi connectivity index (χ1v) is 7.24. The highest BCUT2D eigenvalue weighted by molar-refractivity contribution is 9.11. The Hall–Kier alpha value is -0.160. The Kier molecular flexibility index (Phi) is 4.19. The van der Waals surface area contributed by atoms with Crippen molar-refractivity contribution in [3.8, 4) is 0 Å². The molecule has 3 N–H and O–H groups in total. The molecule has 1 aromatic heterocycles.